The summed E-state index contributed by atoms with van der Waals surface area (Å²) in [5, 5.41) is 72.7. The summed E-state index contributed by atoms with van der Waals surface area (Å²) in [5.41, 5.74) is 1.87. The molecule has 0 saturated heterocycles. The van der Waals surface area contributed by atoms with Gasteiger partial charge in [-0.05, 0) is 68.7 Å². The Balaban J connectivity index is 0.000000569. The van der Waals surface area contributed by atoms with E-state index in [1.165, 1.54) is 24.3 Å². The first kappa shape index (κ1) is 40.3. The van der Waals surface area contributed by atoms with Crippen molar-refractivity contribution in [2.24, 2.45) is 0 Å². The molecule has 0 aliphatic carbocycles. The molecule has 4 aromatic carbocycles. The number of aromatic carboxylic acids is 4. The smallest absolute Gasteiger partial charge is 0.339 e. The van der Waals surface area contributed by atoms with E-state index in [1.807, 2.05) is 0 Å². The number of para-hydroxylation sites is 4. The molecule has 0 aliphatic rings. The molecule has 0 aliphatic heterocycles. The van der Waals surface area contributed by atoms with Gasteiger partial charge < -0.3 is 40.9 Å². The zero-order valence-electron chi connectivity index (χ0n) is 24.6. The Morgan fingerprint density at radius 2 is 0.667 bits per heavy atom. The van der Waals surface area contributed by atoms with Crippen LogP contribution in [0.4, 0.5) is 0 Å². The quantitative estimate of drug-likeness (QED) is 0.145. The van der Waals surface area contributed by atoms with E-state index >= 15 is 0 Å². The molecule has 0 spiro atoms. The molecule has 0 atom stereocenters. The van der Waals surface area contributed by atoms with Gasteiger partial charge in [0.15, 0.2) is 0 Å². The van der Waals surface area contributed by atoms with Gasteiger partial charge in [-0.3, -0.25) is 0 Å². The van der Waals surface area contributed by atoms with Crippen LogP contribution in [-0.4, -0.2) is 59.6 Å². The number of hydrogen-bond acceptors (Lipinski definition) is 8. The Labute approximate surface area is 290 Å². The molecule has 0 aromatic heterocycles. The maximum absolute atomic E-state index is 11.0. The summed E-state index contributed by atoms with van der Waals surface area (Å²) in [6.07, 6.45) is 0. The predicted octanol–water partition coefficient (Wildman–Crippen LogP) is 4.96. The Bertz CT molecular complexity index is 1420. The standard InChI is InChI=1S/4C8H8O3.Th/c4*1-5-3-2-4-6(7(5)9)8(10)11;/h4*2-4,9H,1H3,(H,10,11);/p-1. The van der Waals surface area contributed by atoms with E-state index in [0.29, 0.717) is 22.3 Å². The molecular formula is C32H31O12Th-. The Hall–Kier alpha value is -4.72. The van der Waals surface area contributed by atoms with Crippen LogP contribution in [0.25, 0.3) is 0 Å². The molecule has 7 N–H and O–H groups in total. The fraction of sp³-hybridized carbons (Fsp3) is 0.125. The maximum Gasteiger partial charge on any atom is 0.339 e. The molecule has 0 radical (unpaired) electrons. The molecule has 0 saturated carbocycles. The number of carboxylic acids is 4. The van der Waals surface area contributed by atoms with E-state index in [4.69, 9.17) is 20.4 Å². The van der Waals surface area contributed by atoms with Crippen LogP contribution >= 0.6 is 0 Å². The van der Waals surface area contributed by atoms with E-state index in [1.54, 1.807) is 76.2 Å². The van der Waals surface area contributed by atoms with E-state index < -0.39 is 29.6 Å². The van der Waals surface area contributed by atoms with Crippen molar-refractivity contribution in [3.8, 4) is 23.0 Å². The molecule has 45 heavy (non-hydrogen) atoms. The summed E-state index contributed by atoms with van der Waals surface area (Å²) < 4.78 is 0. The van der Waals surface area contributed by atoms with Gasteiger partial charge in [-0.1, -0.05) is 59.8 Å². The third kappa shape index (κ3) is 12.1. The van der Waals surface area contributed by atoms with Crippen LogP contribution in [0.3, 0.4) is 0 Å². The van der Waals surface area contributed by atoms with Crippen molar-refractivity contribution in [3.05, 3.63) is 117 Å². The first-order valence-electron chi connectivity index (χ1n) is 12.6. The molecule has 13 heteroatoms. The third-order valence-electron chi connectivity index (χ3n) is 5.85. The maximum atomic E-state index is 11.0. The van der Waals surface area contributed by atoms with E-state index in [-0.39, 0.29) is 79.4 Å². The molecule has 0 unspecified atom stereocenters. The van der Waals surface area contributed by atoms with Crippen LogP contribution in [0.1, 0.15) is 63.7 Å². The largest absolute Gasteiger partial charge is 0.872 e. The van der Waals surface area contributed by atoms with Crippen molar-refractivity contribution < 1.29 is 100.0 Å². The first-order valence-corrected chi connectivity index (χ1v) is 12.6. The Morgan fingerprint density at radius 1 is 0.444 bits per heavy atom. The number of carboxylic acid groups (broad SMARTS) is 4. The second-order valence-electron chi connectivity index (χ2n) is 9.09. The van der Waals surface area contributed by atoms with Crippen LogP contribution < -0.4 is 5.11 Å². The number of hydrogen-bond donors (Lipinski definition) is 7. The first-order chi connectivity index (χ1) is 20.5. The second kappa shape index (κ2) is 18.8. The number of benzene rings is 4. The van der Waals surface area contributed by atoms with Gasteiger partial charge in [0.25, 0.3) is 0 Å². The average Bonchev–Trinajstić information content (AvgIpc) is 2.95. The van der Waals surface area contributed by atoms with Gasteiger partial charge in [0.1, 0.15) is 33.9 Å². The molecule has 0 heterocycles. The number of rotatable bonds is 4. The number of aromatic hydroxyl groups is 3. The van der Waals surface area contributed by atoms with E-state index in [2.05, 4.69) is 0 Å². The van der Waals surface area contributed by atoms with Gasteiger partial charge in [-0.2, -0.15) is 0 Å². The van der Waals surface area contributed by atoms with Crippen LogP contribution in [0.5, 0.6) is 23.0 Å². The molecule has 0 amide bonds. The second-order valence-corrected chi connectivity index (χ2v) is 9.09. The van der Waals surface area contributed by atoms with Gasteiger partial charge in [-0.15, -0.1) is 0 Å². The van der Waals surface area contributed by atoms with Gasteiger partial charge in [0, 0.05) is 39.9 Å². The predicted molar refractivity (Wildman–Crippen MR) is 157 cm³/mol. The molecule has 0 fully saturated rings. The SMILES string of the molecule is Cc1cccc(C(=O)O)c1O.Cc1cccc(C(=O)O)c1O.Cc1cccc(C(=O)O)c1O.Cc1cccc(C(=O)O)c1[O-].[Th]. The fourth-order valence-corrected chi connectivity index (χ4v) is 3.32. The third-order valence-corrected chi connectivity index (χ3v) is 5.85. The van der Waals surface area contributed by atoms with Crippen molar-refractivity contribution in [2.75, 3.05) is 0 Å². The molecule has 4 rings (SSSR count). The Morgan fingerprint density at radius 3 is 0.867 bits per heavy atom. The van der Waals surface area contributed by atoms with Crippen molar-refractivity contribution in [1.82, 2.24) is 0 Å². The van der Waals surface area contributed by atoms with Crippen LogP contribution in [0, 0.1) is 67.6 Å². The summed E-state index contributed by atoms with van der Waals surface area (Å²) in [7, 11) is 0. The van der Waals surface area contributed by atoms with Crippen molar-refractivity contribution in [1.29, 1.82) is 0 Å². The molecule has 236 valence electrons. The van der Waals surface area contributed by atoms with Crippen LogP contribution in [0.15, 0.2) is 72.8 Å². The summed E-state index contributed by atoms with van der Waals surface area (Å²) in [4.78, 5) is 41.6. The number of phenols is 3. The average molecular weight is 840 g/mol. The minimum Gasteiger partial charge on any atom is -0.872 e. The molecule has 4 aromatic rings. The molecule has 12 nitrogen and oxygen atoms in total. The van der Waals surface area contributed by atoms with Gasteiger partial charge in [0.2, 0.25) is 0 Å². The van der Waals surface area contributed by atoms with Crippen LogP contribution in [0.2, 0.25) is 0 Å². The van der Waals surface area contributed by atoms with Gasteiger partial charge >= 0.3 is 23.9 Å². The van der Waals surface area contributed by atoms with Crippen molar-refractivity contribution in [3.63, 3.8) is 0 Å². The minimum atomic E-state index is -1.17. The summed E-state index contributed by atoms with van der Waals surface area (Å²) in [6.45, 7) is 6.56. The summed E-state index contributed by atoms with van der Waals surface area (Å²) in [6, 6.07) is 18.3. The van der Waals surface area contributed by atoms with Crippen molar-refractivity contribution >= 4 is 23.9 Å². The fourth-order valence-electron chi connectivity index (χ4n) is 3.32. The van der Waals surface area contributed by atoms with Gasteiger partial charge in [0.05, 0.1) is 5.56 Å². The minimum absolute atomic E-state index is 0. The topological polar surface area (TPSA) is 233 Å². The van der Waals surface area contributed by atoms with Crippen molar-refractivity contribution in [2.45, 2.75) is 27.7 Å². The Kier molecular flexibility index (Phi) is 16.9. The van der Waals surface area contributed by atoms with Gasteiger partial charge in [-0.25, -0.2) is 19.2 Å². The summed E-state index contributed by atoms with van der Waals surface area (Å²) in [5.74, 6) is -5.35. The van der Waals surface area contributed by atoms with E-state index in [0.717, 1.165) is 0 Å². The van der Waals surface area contributed by atoms with Crippen LogP contribution in [-0.2, 0) is 0 Å². The zero-order chi connectivity index (χ0) is 33.7. The molecule has 0 bridgehead atoms. The number of carbonyl (C=O) groups is 4. The van der Waals surface area contributed by atoms with E-state index in [9.17, 15) is 39.6 Å². The number of aryl methyl sites for hydroxylation is 4. The molecular weight excluding hydrogens is 808 g/mol. The zero-order valence-corrected chi connectivity index (χ0v) is 28.7. The monoisotopic (exact) mass is 839 g/mol. The summed E-state index contributed by atoms with van der Waals surface area (Å²) >= 11 is 0. The normalized spacial score (nSPS) is 9.33.